The van der Waals surface area contributed by atoms with Crippen molar-refractivity contribution < 1.29 is 53.4 Å². The quantitative estimate of drug-likeness (QED) is 0.0909. The summed E-state index contributed by atoms with van der Waals surface area (Å²) in [7, 11) is -5.39. The number of hydrazone groups is 4. The van der Waals surface area contributed by atoms with E-state index in [1.807, 2.05) is 239 Å². The second-order valence-corrected chi connectivity index (χ2v) is 22.5. The first kappa shape index (κ1) is 67.4. The third kappa shape index (κ3) is 17.8. The molecule has 4 aliphatic rings. The van der Waals surface area contributed by atoms with Gasteiger partial charge in [-0.15, -0.1) is 40.9 Å². The van der Waals surface area contributed by atoms with Crippen LogP contribution in [0.1, 0.15) is 22.3 Å². The van der Waals surface area contributed by atoms with Crippen molar-refractivity contribution in [3.63, 3.8) is 0 Å². The number of hydrogen-bond acceptors (Lipinski definition) is 16. The molecule has 0 radical (unpaired) electrons. The Morgan fingerprint density at radius 2 is 0.337 bits per heavy atom. The average molecular weight is 1340 g/mol. The fraction of sp³-hybridized carbons (Fsp3) is 0. The van der Waals surface area contributed by atoms with E-state index in [9.17, 15) is 0 Å². The van der Waals surface area contributed by atoms with Gasteiger partial charge < -0.3 is 31.7 Å². The lowest BCUT2D eigenvalue weighted by atomic mass is 10.2. The SMILES string of the molecule is O=P([O-])([O-])[O-].[Cl-].c1ccc(C2=NN(c3ccccc3)N(c3ccccc3)[NH2+]2)cc1.c1ccc(C2=NN(c3ccccc3)N(c3ccccc3)[NH2+]2)cc1.c1ccc(C2=NN(c3ccccc3)N(c3ccccc3)[NH2+]2)cc1.c1ccc(C2=NN(c3ccccc3)N(c3ccccc3)[NH2+]2)cc1. The number of benzene rings is 12. The van der Waals surface area contributed by atoms with Gasteiger partial charge in [0.1, 0.15) is 22.7 Å². The highest BCUT2D eigenvalue weighted by Gasteiger charge is 2.35. The number of amidine groups is 4. The van der Waals surface area contributed by atoms with Gasteiger partial charge in [-0.2, -0.15) is 29.5 Å². The van der Waals surface area contributed by atoms with Crippen molar-refractivity contribution in [3.05, 3.63) is 386 Å². The van der Waals surface area contributed by atoms with Crippen molar-refractivity contribution in [3.8, 4) is 0 Å². The van der Waals surface area contributed by atoms with Crippen LogP contribution in [0.3, 0.4) is 0 Å². The van der Waals surface area contributed by atoms with Gasteiger partial charge in [0.2, 0.25) is 0 Å². The standard InChI is InChI=1S/4C19H16N4.ClH.H3O4P/c4*1-4-10-16(11-5-1)19-20-22(17-12-6-2-7-13-17)23(21-19)18-14-8-3-9-15-18;;1-5(2,3)4/h4*1-15H,(H,20,21);1H;(H3,1,2,3,4). The fourth-order valence-corrected chi connectivity index (χ4v) is 10.4. The van der Waals surface area contributed by atoms with E-state index in [1.54, 1.807) is 0 Å². The Morgan fingerprint density at radius 3 is 0.480 bits per heavy atom. The minimum atomic E-state index is -5.39. The van der Waals surface area contributed by atoms with Crippen molar-refractivity contribution in [1.82, 2.24) is 0 Å². The lowest BCUT2D eigenvalue weighted by Gasteiger charge is -2.36. The molecule has 0 aromatic heterocycles. The predicted molar refractivity (Wildman–Crippen MR) is 379 cm³/mol. The maximum Gasteiger partial charge on any atom is 0.277 e. The Morgan fingerprint density at radius 1 is 0.214 bits per heavy atom. The van der Waals surface area contributed by atoms with Crippen molar-refractivity contribution in [2.75, 3.05) is 40.9 Å². The van der Waals surface area contributed by atoms with Crippen LogP contribution in [0.15, 0.2) is 384 Å². The molecule has 8 N–H and O–H groups in total. The number of phosphoric acid groups is 1. The Balaban J connectivity index is 0.000000129. The zero-order valence-electron chi connectivity index (χ0n) is 52.8. The lowest BCUT2D eigenvalue weighted by molar-refractivity contribution is -0.545. The van der Waals surface area contributed by atoms with Crippen LogP contribution in [-0.2, 0) is 4.57 Å². The Bertz CT molecular complexity index is 3980. The van der Waals surface area contributed by atoms with E-state index in [4.69, 9.17) is 39.7 Å². The Hall–Kier alpha value is -12.0. The average Bonchev–Trinajstić information content (AvgIpc) is 1.71. The van der Waals surface area contributed by atoms with Crippen molar-refractivity contribution >= 4 is 76.7 Å². The van der Waals surface area contributed by atoms with Gasteiger partial charge in [0, 0.05) is 0 Å². The smallest absolute Gasteiger partial charge is 0.277 e. The molecule has 0 spiro atoms. The molecule has 0 fully saturated rings. The van der Waals surface area contributed by atoms with Gasteiger partial charge in [-0.1, -0.05) is 239 Å². The summed E-state index contributed by atoms with van der Waals surface area (Å²) in [5.74, 6) is 3.77. The first-order valence-corrected chi connectivity index (χ1v) is 32.6. The number of halogens is 1. The first-order valence-electron chi connectivity index (χ1n) is 31.1. The number of hydrogen-bond donors (Lipinski definition) is 4. The monoisotopic (exact) mass is 1330 g/mol. The van der Waals surface area contributed by atoms with E-state index < -0.39 is 7.82 Å². The van der Waals surface area contributed by atoms with E-state index in [0.717, 1.165) is 91.1 Å². The van der Waals surface area contributed by atoms with E-state index >= 15 is 0 Å². The molecule has 0 saturated carbocycles. The van der Waals surface area contributed by atoms with E-state index in [2.05, 4.69) is 188 Å². The van der Waals surface area contributed by atoms with Crippen molar-refractivity contribution in [1.29, 1.82) is 0 Å². The fourth-order valence-electron chi connectivity index (χ4n) is 10.4. The van der Waals surface area contributed by atoms with E-state index in [-0.39, 0.29) is 12.4 Å². The van der Waals surface area contributed by atoms with Crippen LogP contribution in [0, 0.1) is 0 Å². The van der Waals surface area contributed by atoms with Crippen LogP contribution in [0.5, 0.6) is 0 Å². The molecule has 98 heavy (non-hydrogen) atoms. The van der Waals surface area contributed by atoms with Gasteiger partial charge in [-0.05, 0) is 146 Å². The highest BCUT2D eigenvalue weighted by atomic mass is 35.5. The maximum absolute atomic E-state index is 8.55. The third-order valence-corrected chi connectivity index (χ3v) is 14.9. The number of rotatable bonds is 12. The summed E-state index contributed by atoms with van der Waals surface area (Å²) in [5, 5.41) is 35.2. The molecular weight excluding hydrogens is 1270 g/mol. The topological polar surface area (TPSA) is 228 Å². The molecule has 0 bridgehead atoms. The largest absolute Gasteiger partial charge is 1.00 e. The number of nitrogens with two attached hydrogens (primary N) is 4. The summed E-state index contributed by atoms with van der Waals surface area (Å²) in [6, 6.07) is 123. The minimum Gasteiger partial charge on any atom is -1.00 e. The molecule has 12 aromatic carbocycles. The van der Waals surface area contributed by atoms with Crippen LogP contribution >= 0.6 is 7.82 Å². The van der Waals surface area contributed by atoms with Gasteiger partial charge in [-0.3, -0.25) is 0 Å². The third-order valence-electron chi connectivity index (χ3n) is 14.9. The van der Waals surface area contributed by atoms with Crippen LogP contribution in [0.25, 0.3) is 0 Å². The van der Waals surface area contributed by atoms with E-state index in [1.165, 1.54) is 0 Å². The Labute approximate surface area is 574 Å². The summed E-state index contributed by atoms with van der Waals surface area (Å²) in [6.45, 7) is 0. The molecule has 0 atom stereocenters. The normalized spacial score (nSPS) is 13.7. The Kier molecular flexibility index (Phi) is 22.9. The predicted octanol–water partition coefficient (Wildman–Crippen LogP) is 5.25. The minimum absolute atomic E-state index is 0. The van der Waals surface area contributed by atoms with Crippen LogP contribution in [0.2, 0.25) is 0 Å². The van der Waals surface area contributed by atoms with Gasteiger partial charge >= 0.3 is 0 Å². The summed E-state index contributed by atoms with van der Waals surface area (Å²) in [5.41, 5.74) is 21.1. The van der Waals surface area contributed by atoms with Crippen LogP contribution in [0.4, 0.5) is 45.5 Å². The maximum atomic E-state index is 8.55. The number of anilines is 8. The molecule has 22 heteroatoms. The van der Waals surface area contributed by atoms with Crippen LogP contribution in [-0.4, -0.2) is 23.3 Å². The van der Waals surface area contributed by atoms with Crippen LogP contribution < -0.4 is 89.7 Å². The molecule has 4 aliphatic heterocycles. The zero-order valence-corrected chi connectivity index (χ0v) is 54.4. The molecule has 488 valence electrons. The molecule has 4 heterocycles. The molecule has 0 saturated heterocycles. The summed E-state index contributed by atoms with van der Waals surface area (Å²) < 4.78 is 8.55. The molecule has 0 amide bonds. The number of hydrazine groups is 4. The zero-order chi connectivity index (χ0) is 66.4. The summed E-state index contributed by atoms with van der Waals surface area (Å²) in [6.07, 6.45) is 0. The number of para-hydroxylation sites is 8. The molecule has 0 unspecified atom stereocenters. The molecular formula is C76H68ClN16O4P. The molecule has 0 aliphatic carbocycles. The molecule has 20 nitrogen and oxygen atoms in total. The van der Waals surface area contributed by atoms with E-state index in [0.29, 0.717) is 0 Å². The first-order chi connectivity index (χ1) is 47.7. The molecule has 16 rings (SSSR count). The number of quaternary nitrogens is 4. The van der Waals surface area contributed by atoms with Crippen molar-refractivity contribution in [2.45, 2.75) is 0 Å². The lowest BCUT2D eigenvalue weighted by Crippen LogP contribution is -3.00. The highest BCUT2D eigenvalue weighted by Crippen LogP contribution is 2.27. The second kappa shape index (κ2) is 33.4. The second-order valence-electron chi connectivity index (χ2n) is 21.6. The van der Waals surface area contributed by atoms with Gasteiger partial charge in [-0.25, -0.2) is 0 Å². The highest BCUT2D eigenvalue weighted by molar-refractivity contribution is 7.40. The summed E-state index contributed by atoms with van der Waals surface area (Å²) >= 11 is 0. The van der Waals surface area contributed by atoms with Gasteiger partial charge in [0.25, 0.3) is 23.3 Å². The summed E-state index contributed by atoms with van der Waals surface area (Å²) in [4.78, 5) is 25.6. The van der Waals surface area contributed by atoms with Crippen molar-refractivity contribution in [2.24, 2.45) is 20.4 Å². The number of nitrogens with zero attached hydrogens (tertiary/aromatic N) is 12. The van der Waals surface area contributed by atoms with Gasteiger partial charge in [0.15, 0.2) is 0 Å². The van der Waals surface area contributed by atoms with Gasteiger partial charge in [0.05, 0.1) is 45.0 Å². The molecule has 12 aromatic rings.